The fraction of sp³-hybridized carbons (Fsp3) is 0.500. The summed E-state index contributed by atoms with van der Waals surface area (Å²) in [6, 6.07) is 5.17. The molecule has 0 atom stereocenters. The molecule has 0 unspecified atom stereocenters. The number of nitrogens with one attached hydrogen (secondary N) is 1. The van der Waals surface area contributed by atoms with Gasteiger partial charge in [0.05, 0.1) is 17.7 Å². The highest BCUT2D eigenvalue weighted by molar-refractivity contribution is 5.94. The topological polar surface area (TPSA) is 69.6 Å². The van der Waals surface area contributed by atoms with Gasteiger partial charge in [0.25, 0.3) is 0 Å². The molecule has 1 aromatic carbocycles. The van der Waals surface area contributed by atoms with Crippen LogP contribution in [0.2, 0.25) is 0 Å². The molecule has 0 saturated carbocycles. The molecule has 1 aromatic rings. The Hall–Kier alpha value is -1.55. The molecule has 0 spiro atoms. The van der Waals surface area contributed by atoms with Crippen molar-refractivity contribution < 1.29 is 15.0 Å². The van der Waals surface area contributed by atoms with E-state index in [0.717, 1.165) is 18.4 Å². The minimum absolute atomic E-state index is 0.0208. The van der Waals surface area contributed by atoms with Crippen molar-refractivity contribution in [1.29, 1.82) is 0 Å². The third-order valence-corrected chi connectivity index (χ3v) is 3.46. The molecule has 100 valence electrons. The number of aliphatic hydroxyl groups is 1. The lowest BCUT2D eigenvalue weighted by Crippen LogP contribution is -2.41. The second kappa shape index (κ2) is 5.87. The minimum atomic E-state index is -0.962. The Labute approximate surface area is 108 Å². The zero-order chi connectivity index (χ0) is 13.8. The van der Waals surface area contributed by atoms with Crippen LogP contribution >= 0.6 is 0 Å². The molecule has 0 aromatic heterocycles. The van der Waals surface area contributed by atoms with Crippen molar-refractivity contribution in [3.05, 3.63) is 29.3 Å². The maximum Gasteiger partial charge on any atom is 0.337 e. The molecule has 0 bridgehead atoms. The second-order valence-electron chi connectivity index (χ2n) is 4.62. The Morgan fingerprint density at radius 1 is 1.33 bits per heavy atom. The quantitative estimate of drug-likeness (QED) is 0.727. The predicted octanol–water partition coefficient (Wildman–Crippen LogP) is 2.66. The molecular weight excluding hydrogens is 230 g/mol. The van der Waals surface area contributed by atoms with Crippen LogP contribution in [-0.4, -0.2) is 28.3 Å². The van der Waals surface area contributed by atoms with Gasteiger partial charge in [-0.3, -0.25) is 0 Å². The molecule has 0 aliphatic rings. The monoisotopic (exact) mass is 251 g/mol. The van der Waals surface area contributed by atoms with Crippen molar-refractivity contribution in [2.45, 2.75) is 39.2 Å². The molecule has 0 aliphatic heterocycles. The summed E-state index contributed by atoms with van der Waals surface area (Å²) in [6.07, 6.45) is 1.46. The van der Waals surface area contributed by atoms with E-state index in [2.05, 4.69) is 5.32 Å². The van der Waals surface area contributed by atoms with Crippen LogP contribution in [0.1, 0.15) is 42.6 Å². The van der Waals surface area contributed by atoms with Crippen molar-refractivity contribution in [1.82, 2.24) is 0 Å². The normalized spacial score (nSPS) is 11.3. The first-order valence-corrected chi connectivity index (χ1v) is 6.21. The Kier molecular flexibility index (Phi) is 4.73. The van der Waals surface area contributed by atoms with E-state index in [-0.39, 0.29) is 12.2 Å². The maximum absolute atomic E-state index is 11.2. The first kappa shape index (κ1) is 14.5. The number of benzene rings is 1. The van der Waals surface area contributed by atoms with E-state index in [9.17, 15) is 9.90 Å². The lowest BCUT2D eigenvalue weighted by atomic mass is 9.92. The molecule has 4 nitrogen and oxygen atoms in total. The lowest BCUT2D eigenvalue weighted by Gasteiger charge is -2.32. The van der Waals surface area contributed by atoms with Crippen molar-refractivity contribution in [2.24, 2.45) is 0 Å². The third-order valence-electron chi connectivity index (χ3n) is 3.46. The van der Waals surface area contributed by atoms with Gasteiger partial charge in [-0.15, -0.1) is 0 Å². The van der Waals surface area contributed by atoms with Crippen LogP contribution in [0.15, 0.2) is 18.2 Å². The van der Waals surface area contributed by atoms with Crippen LogP contribution in [0.3, 0.4) is 0 Å². The average molecular weight is 251 g/mol. The van der Waals surface area contributed by atoms with Crippen LogP contribution in [0.25, 0.3) is 0 Å². The number of anilines is 1. The standard InChI is InChI=1S/C14H21NO3/c1-4-14(5-2,9-16)15-12-8-10(3)6-7-11(12)13(17)18/h6-8,15-16H,4-5,9H2,1-3H3,(H,17,18). The van der Waals surface area contributed by atoms with Gasteiger partial charge in [-0.2, -0.15) is 0 Å². The summed E-state index contributed by atoms with van der Waals surface area (Å²) in [5.41, 5.74) is 1.33. The number of aliphatic hydroxyl groups excluding tert-OH is 1. The first-order chi connectivity index (χ1) is 8.48. The van der Waals surface area contributed by atoms with Crippen LogP contribution in [0.4, 0.5) is 5.69 Å². The smallest absolute Gasteiger partial charge is 0.337 e. The Bertz CT molecular complexity index is 417. The Morgan fingerprint density at radius 2 is 1.94 bits per heavy atom. The van der Waals surface area contributed by atoms with Crippen molar-refractivity contribution in [3.8, 4) is 0 Å². The number of hydrogen-bond acceptors (Lipinski definition) is 3. The molecule has 18 heavy (non-hydrogen) atoms. The second-order valence-corrected chi connectivity index (χ2v) is 4.62. The Balaban J connectivity index is 3.16. The van der Waals surface area contributed by atoms with E-state index >= 15 is 0 Å². The van der Waals surface area contributed by atoms with Gasteiger partial charge in [0, 0.05) is 5.69 Å². The number of hydrogen-bond donors (Lipinski definition) is 3. The Morgan fingerprint density at radius 3 is 2.39 bits per heavy atom. The van der Waals surface area contributed by atoms with Gasteiger partial charge >= 0.3 is 5.97 Å². The summed E-state index contributed by atoms with van der Waals surface area (Å²) < 4.78 is 0. The summed E-state index contributed by atoms with van der Waals surface area (Å²) >= 11 is 0. The van der Waals surface area contributed by atoms with Gasteiger partial charge in [0.2, 0.25) is 0 Å². The van der Waals surface area contributed by atoms with E-state index in [0.29, 0.717) is 5.69 Å². The van der Waals surface area contributed by atoms with E-state index < -0.39 is 11.5 Å². The van der Waals surface area contributed by atoms with Gasteiger partial charge in [0.15, 0.2) is 0 Å². The molecule has 0 amide bonds. The van der Waals surface area contributed by atoms with E-state index in [1.165, 1.54) is 0 Å². The maximum atomic E-state index is 11.2. The highest BCUT2D eigenvalue weighted by Gasteiger charge is 2.26. The van der Waals surface area contributed by atoms with Gasteiger partial charge < -0.3 is 15.5 Å². The van der Waals surface area contributed by atoms with E-state index in [4.69, 9.17) is 5.11 Å². The summed E-state index contributed by atoms with van der Waals surface area (Å²) in [7, 11) is 0. The third kappa shape index (κ3) is 3.01. The van der Waals surface area contributed by atoms with Gasteiger partial charge in [-0.25, -0.2) is 4.79 Å². The van der Waals surface area contributed by atoms with Crippen LogP contribution in [-0.2, 0) is 0 Å². The summed E-state index contributed by atoms with van der Waals surface area (Å²) in [6.45, 7) is 5.84. The largest absolute Gasteiger partial charge is 0.478 e. The average Bonchev–Trinajstić information content (AvgIpc) is 2.36. The molecular formula is C14H21NO3. The minimum Gasteiger partial charge on any atom is -0.478 e. The number of carbonyl (C=O) groups is 1. The van der Waals surface area contributed by atoms with Crippen LogP contribution < -0.4 is 5.32 Å². The van der Waals surface area contributed by atoms with Gasteiger partial charge in [0.1, 0.15) is 0 Å². The number of carboxylic acids is 1. The number of carboxylic acid groups (broad SMARTS) is 1. The predicted molar refractivity (Wildman–Crippen MR) is 72.2 cm³/mol. The molecule has 0 radical (unpaired) electrons. The molecule has 0 fully saturated rings. The van der Waals surface area contributed by atoms with E-state index in [1.807, 2.05) is 20.8 Å². The molecule has 4 heteroatoms. The zero-order valence-corrected chi connectivity index (χ0v) is 11.2. The SMILES string of the molecule is CCC(CC)(CO)Nc1cc(C)ccc1C(=O)O. The summed E-state index contributed by atoms with van der Waals surface area (Å²) in [5.74, 6) is -0.962. The highest BCUT2D eigenvalue weighted by atomic mass is 16.4. The lowest BCUT2D eigenvalue weighted by molar-refractivity contribution is 0.0697. The molecule has 0 aliphatic carbocycles. The first-order valence-electron chi connectivity index (χ1n) is 6.21. The summed E-state index contributed by atoms with van der Waals surface area (Å²) in [5, 5.41) is 21.9. The number of aryl methyl sites for hydroxylation is 1. The fourth-order valence-electron chi connectivity index (χ4n) is 1.92. The number of aromatic carboxylic acids is 1. The van der Waals surface area contributed by atoms with Crippen LogP contribution in [0.5, 0.6) is 0 Å². The molecule has 1 rings (SSSR count). The van der Waals surface area contributed by atoms with Gasteiger partial charge in [-0.1, -0.05) is 19.9 Å². The van der Waals surface area contributed by atoms with Gasteiger partial charge in [-0.05, 0) is 37.5 Å². The van der Waals surface area contributed by atoms with Crippen LogP contribution in [0, 0.1) is 6.92 Å². The van der Waals surface area contributed by atoms with Crippen molar-refractivity contribution in [3.63, 3.8) is 0 Å². The molecule has 0 heterocycles. The fourth-order valence-corrected chi connectivity index (χ4v) is 1.92. The molecule has 3 N–H and O–H groups in total. The zero-order valence-electron chi connectivity index (χ0n) is 11.2. The summed E-state index contributed by atoms with van der Waals surface area (Å²) in [4.78, 5) is 11.2. The number of rotatable bonds is 6. The van der Waals surface area contributed by atoms with Crippen molar-refractivity contribution >= 4 is 11.7 Å². The van der Waals surface area contributed by atoms with E-state index in [1.54, 1.807) is 18.2 Å². The highest BCUT2D eigenvalue weighted by Crippen LogP contribution is 2.25. The van der Waals surface area contributed by atoms with Crippen molar-refractivity contribution in [2.75, 3.05) is 11.9 Å². The molecule has 0 saturated heterocycles.